The highest BCUT2D eigenvalue weighted by molar-refractivity contribution is 7.89. The van der Waals surface area contributed by atoms with Gasteiger partial charge in [-0.15, -0.1) is 0 Å². The monoisotopic (exact) mass is 326 g/mol. The first-order chi connectivity index (χ1) is 10.4. The zero-order valence-corrected chi connectivity index (χ0v) is 14.4. The zero-order valence-electron chi connectivity index (χ0n) is 13.6. The van der Waals surface area contributed by atoms with Gasteiger partial charge >= 0.3 is 0 Å². The van der Waals surface area contributed by atoms with Gasteiger partial charge < -0.3 is 5.32 Å². The third kappa shape index (κ3) is 5.77. The Bertz CT molecular complexity index is 568. The third-order valence-electron chi connectivity index (χ3n) is 3.56. The fourth-order valence-corrected chi connectivity index (χ4v) is 2.89. The summed E-state index contributed by atoms with van der Waals surface area (Å²) < 4.78 is 25.5. The molecule has 5 nitrogen and oxygen atoms in total. The Balaban J connectivity index is 2.56. The summed E-state index contributed by atoms with van der Waals surface area (Å²) in [7, 11) is -2.11. The Labute approximate surface area is 133 Å². The van der Waals surface area contributed by atoms with Crippen molar-refractivity contribution in [3.63, 3.8) is 0 Å². The van der Waals surface area contributed by atoms with Crippen molar-refractivity contribution >= 4 is 15.9 Å². The first-order valence-electron chi connectivity index (χ1n) is 7.75. The van der Waals surface area contributed by atoms with Gasteiger partial charge in [0.2, 0.25) is 10.0 Å². The summed E-state index contributed by atoms with van der Waals surface area (Å²) in [5.74, 6) is -0.170. The molecule has 1 rings (SSSR count). The molecule has 0 aliphatic heterocycles. The Hall–Kier alpha value is -1.40. The summed E-state index contributed by atoms with van der Waals surface area (Å²) in [4.78, 5) is 12.3. The summed E-state index contributed by atoms with van der Waals surface area (Å²) in [6.45, 7) is 4.16. The lowest BCUT2D eigenvalue weighted by atomic mass is 10.1. The molecule has 0 heterocycles. The Morgan fingerprint density at radius 1 is 1.14 bits per heavy atom. The Morgan fingerprint density at radius 3 is 2.32 bits per heavy atom. The Morgan fingerprint density at radius 2 is 1.77 bits per heavy atom. The fourth-order valence-electron chi connectivity index (χ4n) is 2.16. The van der Waals surface area contributed by atoms with E-state index in [1.54, 1.807) is 0 Å². The molecule has 2 N–H and O–H groups in total. The van der Waals surface area contributed by atoms with Gasteiger partial charge in [-0.2, -0.15) is 0 Å². The van der Waals surface area contributed by atoms with Crippen LogP contribution in [0.15, 0.2) is 29.2 Å². The van der Waals surface area contributed by atoms with E-state index in [9.17, 15) is 13.2 Å². The van der Waals surface area contributed by atoms with Crippen molar-refractivity contribution in [2.45, 2.75) is 56.9 Å². The molecule has 0 saturated heterocycles. The van der Waals surface area contributed by atoms with Crippen LogP contribution in [0.5, 0.6) is 0 Å². The number of sulfonamides is 1. The predicted molar refractivity (Wildman–Crippen MR) is 88.4 cm³/mol. The number of unbranched alkanes of at least 4 members (excludes halogenated alkanes) is 3. The van der Waals surface area contributed by atoms with E-state index in [0.29, 0.717) is 5.56 Å². The van der Waals surface area contributed by atoms with Crippen molar-refractivity contribution < 1.29 is 13.2 Å². The van der Waals surface area contributed by atoms with Gasteiger partial charge in [-0.05, 0) is 44.7 Å². The van der Waals surface area contributed by atoms with Gasteiger partial charge in [-0.25, -0.2) is 13.1 Å². The molecule has 1 aromatic rings. The lowest BCUT2D eigenvalue weighted by Gasteiger charge is -2.14. The summed E-state index contributed by atoms with van der Waals surface area (Å²) in [5.41, 5.74) is 0.468. The summed E-state index contributed by atoms with van der Waals surface area (Å²) in [6, 6.07) is 6.05. The predicted octanol–water partition coefficient (Wildman–Crippen LogP) is 2.68. The van der Waals surface area contributed by atoms with Gasteiger partial charge in [0.15, 0.2) is 0 Å². The smallest absolute Gasteiger partial charge is 0.251 e. The van der Waals surface area contributed by atoms with Gasteiger partial charge in [0, 0.05) is 11.6 Å². The maximum atomic E-state index is 12.1. The molecule has 0 aliphatic carbocycles. The summed E-state index contributed by atoms with van der Waals surface area (Å²) in [5, 5.41) is 2.94. The minimum Gasteiger partial charge on any atom is -0.350 e. The standard InChI is InChI=1S/C16H26N2O3S/c1-4-5-6-7-8-13(2)18-16(19)14-9-11-15(12-10-14)22(20,21)17-3/h9-13,17H,4-8H2,1-3H3,(H,18,19). The molecule has 0 aliphatic rings. The second-order valence-electron chi connectivity index (χ2n) is 5.46. The first kappa shape index (κ1) is 18.6. The second kappa shape index (κ2) is 8.90. The molecule has 1 unspecified atom stereocenters. The molecule has 6 heteroatoms. The fraction of sp³-hybridized carbons (Fsp3) is 0.562. The number of rotatable bonds is 9. The molecule has 0 bridgehead atoms. The van der Waals surface area contributed by atoms with Crippen LogP contribution in [-0.2, 0) is 10.0 Å². The quantitative estimate of drug-likeness (QED) is 0.685. The van der Waals surface area contributed by atoms with Crippen molar-refractivity contribution in [1.82, 2.24) is 10.0 Å². The summed E-state index contributed by atoms with van der Waals surface area (Å²) in [6.07, 6.45) is 5.67. The SMILES string of the molecule is CCCCCCC(C)NC(=O)c1ccc(S(=O)(=O)NC)cc1. The minimum absolute atomic E-state index is 0.116. The van der Waals surface area contributed by atoms with Crippen LogP contribution in [0, 0.1) is 0 Å². The molecule has 0 saturated carbocycles. The van der Waals surface area contributed by atoms with Crippen molar-refractivity contribution in [2.24, 2.45) is 0 Å². The average Bonchev–Trinajstić information content (AvgIpc) is 2.51. The number of hydrogen-bond acceptors (Lipinski definition) is 3. The van der Waals surface area contributed by atoms with Gasteiger partial charge in [0.25, 0.3) is 5.91 Å². The first-order valence-corrected chi connectivity index (χ1v) is 9.23. The molecule has 0 fully saturated rings. The summed E-state index contributed by atoms with van der Waals surface area (Å²) >= 11 is 0. The van der Waals surface area contributed by atoms with Gasteiger partial charge in [0.1, 0.15) is 0 Å². The maximum Gasteiger partial charge on any atom is 0.251 e. The van der Waals surface area contributed by atoms with Crippen LogP contribution >= 0.6 is 0 Å². The molecule has 0 spiro atoms. The molecule has 1 aromatic carbocycles. The topological polar surface area (TPSA) is 75.3 Å². The van der Waals surface area contributed by atoms with E-state index in [-0.39, 0.29) is 16.8 Å². The van der Waals surface area contributed by atoms with Crippen molar-refractivity contribution in [3.8, 4) is 0 Å². The maximum absolute atomic E-state index is 12.1. The van der Waals surface area contributed by atoms with Crippen LogP contribution in [0.1, 0.15) is 56.3 Å². The number of benzene rings is 1. The van der Waals surface area contributed by atoms with Crippen LogP contribution < -0.4 is 10.0 Å². The van der Waals surface area contributed by atoms with Gasteiger partial charge in [-0.3, -0.25) is 4.79 Å². The van der Waals surface area contributed by atoms with E-state index in [2.05, 4.69) is 17.0 Å². The highest BCUT2D eigenvalue weighted by Crippen LogP contribution is 2.11. The van der Waals surface area contributed by atoms with Crippen LogP contribution in [0.4, 0.5) is 0 Å². The molecule has 22 heavy (non-hydrogen) atoms. The zero-order chi connectivity index (χ0) is 16.6. The van der Waals surface area contributed by atoms with Crippen molar-refractivity contribution in [3.05, 3.63) is 29.8 Å². The van der Waals surface area contributed by atoms with E-state index in [1.807, 2.05) is 6.92 Å². The highest BCUT2D eigenvalue weighted by atomic mass is 32.2. The van der Waals surface area contributed by atoms with Gasteiger partial charge in [0.05, 0.1) is 4.90 Å². The lowest BCUT2D eigenvalue weighted by Crippen LogP contribution is -2.32. The normalized spacial score (nSPS) is 12.9. The highest BCUT2D eigenvalue weighted by Gasteiger charge is 2.13. The third-order valence-corrected chi connectivity index (χ3v) is 4.99. The minimum atomic E-state index is -3.46. The van der Waals surface area contributed by atoms with Crippen LogP contribution in [-0.4, -0.2) is 27.4 Å². The van der Waals surface area contributed by atoms with Crippen molar-refractivity contribution in [1.29, 1.82) is 0 Å². The van der Waals surface area contributed by atoms with E-state index in [1.165, 1.54) is 50.6 Å². The van der Waals surface area contributed by atoms with E-state index in [0.717, 1.165) is 12.8 Å². The van der Waals surface area contributed by atoms with E-state index >= 15 is 0 Å². The second-order valence-corrected chi connectivity index (χ2v) is 7.34. The number of amides is 1. The van der Waals surface area contributed by atoms with Gasteiger partial charge in [-0.1, -0.05) is 32.6 Å². The van der Waals surface area contributed by atoms with Crippen LogP contribution in [0.3, 0.4) is 0 Å². The molecule has 0 aromatic heterocycles. The van der Waals surface area contributed by atoms with E-state index < -0.39 is 10.0 Å². The van der Waals surface area contributed by atoms with Crippen LogP contribution in [0.25, 0.3) is 0 Å². The lowest BCUT2D eigenvalue weighted by molar-refractivity contribution is 0.0938. The number of carbonyl (C=O) groups is 1. The number of hydrogen-bond donors (Lipinski definition) is 2. The molecule has 124 valence electrons. The van der Waals surface area contributed by atoms with Crippen LogP contribution in [0.2, 0.25) is 0 Å². The van der Waals surface area contributed by atoms with Crippen molar-refractivity contribution in [2.75, 3.05) is 7.05 Å². The molecular formula is C16H26N2O3S. The molecule has 0 radical (unpaired) electrons. The average molecular weight is 326 g/mol. The number of carbonyl (C=O) groups excluding carboxylic acids is 1. The molecular weight excluding hydrogens is 300 g/mol. The van der Waals surface area contributed by atoms with E-state index in [4.69, 9.17) is 0 Å². The largest absolute Gasteiger partial charge is 0.350 e. The molecule has 1 atom stereocenters. The Kier molecular flexibility index (Phi) is 7.55. The number of nitrogens with one attached hydrogen (secondary N) is 2. The molecule has 1 amide bonds.